The van der Waals surface area contributed by atoms with Crippen LogP contribution in [0.1, 0.15) is 12.8 Å². The van der Waals surface area contributed by atoms with Crippen LogP contribution < -0.4 is 10.2 Å². The molecular formula is C16H21ClN2O3. The first-order valence-corrected chi connectivity index (χ1v) is 8.10. The van der Waals surface area contributed by atoms with E-state index in [-0.39, 0.29) is 11.9 Å². The minimum atomic E-state index is -0.435. The Labute approximate surface area is 135 Å². The van der Waals surface area contributed by atoms with E-state index in [9.17, 15) is 4.79 Å². The van der Waals surface area contributed by atoms with E-state index in [0.29, 0.717) is 31.4 Å². The maximum absolute atomic E-state index is 12.4. The van der Waals surface area contributed by atoms with Gasteiger partial charge in [0, 0.05) is 36.5 Å². The first-order chi connectivity index (χ1) is 10.7. The second-order valence-corrected chi connectivity index (χ2v) is 6.12. The Kier molecular flexibility index (Phi) is 5.18. The van der Waals surface area contributed by atoms with Crippen molar-refractivity contribution in [1.29, 1.82) is 0 Å². The molecule has 1 aromatic rings. The summed E-state index contributed by atoms with van der Waals surface area (Å²) in [7, 11) is 0. The second-order valence-electron chi connectivity index (χ2n) is 5.68. The van der Waals surface area contributed by atoms with Crippen LogP contribution in [0.3, 0.4) is 0 Å². The van der Waals surface area contributed by atoms with Crippen molar-refractivity contribution in [2.75, 3.05) is 37.8 Å². The standard InChI is InChI=1S/C16H21ClN2O3/c17-12-2-1-3-14(10-12)19-6-9-22-15(11-19)16(20)18-13-4-7-21-8-5-13/h1-3,10,13,15H,4-9,11H2,(H,18,20). The van der Waals surface area contributed by atoms with E-state index in [0.717, 1.165) is 25.1 Å². The lowest BCUT2D eigenvalue weighted by molar-refractivity contribution is -0.134. The Morgan fingerprint density at radius 3 is 2.86 bits per heavy atom. The lowest BCUT2D eigenvalue weighted by Gasteiger charge is -2.35. The van der Waals surface area contributed by atoms with Crippen molar-refractivity contribution in [3.63, 3.8) is 0 Å². The molecule has 2 saturated heterocycles. The summed E-state index contributed by atoms with van der Waals surface area (Å²) in [6, 6.07) is 7.89. The van der Waals surface area contributed by atoms with Gasteiger partial charge in [-0.25, -0.2) is 0 Å². The lowest BCUT2D eigenvalue weighted by atomic mass is 10.1. The fourth-order valence-electron chi connectivity index (χ4n) is 2.85. The van der Waals surface area contributed by atoms with Crippen molar-refractivity contribution in [1.82, 2.24) is 5.32 Å². The van der Waals surface area contributed by atoms with Gasteiger partial charge in [0.2, 0.25) is 0 Å². The summed E-state index contributed by atoms with van der Waals surface area (Å²) in [5.41, 5.74) is 1.03. The molecule has 2 heterocycles. The van der Waals surface area contributed by atoms with E-state index in [1.54, 1.807) is 0 Å². The molecule has 2 fully saturated rings. The predicted molar refractivity (Wildman–Crippen MR) is 85.4 cm³/mol. The van der Waals surface area contributed by atoms with Gasteiger partial charge in [0.15, 0.2) is 6.10 Å². The minimum Gasteiger partial charge on any atom is -0.381 e. The zero-order chi connectivity index (χ0) is 15.4. The normalized spacial score (nSPS) is 23.3. The Morgan fingerprint density at radius 1 is 1.27 bits per heavy atom. The number of hydrogen-bond donors (Lipinski definition) is 1. The molecule has 22 heavy (non-hydrogen) atoms. The SMILES string of the molecule is O=C(NC1CCOCC1)C1CN(c2cccc(Cl)c2)CCO1. The number of carbonyl (C=O) groups is 1. The summed E-state index contributed by atoms with van der Waals surface area (Å²) in [6.45, 7) is 3.28. The molecule has 1 unspecified atom stereocenters. The van der Waals surface area contributed by atoms with Crippen LogP contribution in [0, 0.1) is 0 Å². The highest BCUT2D eigenvalue weighted by molar-refractivity contribution is 6.30. The molecule has 0 aromatic heterocycles. The molecule has 5 nitrogen and oxygen atoms in total. The third kappa shape index (κ3) is 3.91. The van der Waals surface area contributed by atoms with Crippen molar-refractivity contribution in [2.45, 2.75) is 25.0 Å². The topological polar surface area (TPSA) is 50.8 Å². The first-order valence-electron chi connectivity index (χ1n) is 7.72. The number of benzene rings is 1. The monoisotopic (exact) mass is 324 g/mol. The van der Waals surface area contributed by atoms with E-state index in [2.05, 4.69) is 10.2 Å². The van der Waals surface area contributed by atoms with Crippen LogP contribution in [-0.4, -0.2) is 51.0 Å². The van der Waals surface area contributed by atoms with Crippen molar-refractivity contribution in [2.24, 2.45) is 0 Å². The molecule has 0 saturated carbocycles. The van der Waals surface area contributed by atoms with Gasteiger partial charge in [0.25, 0.3) is 5.91 Å². The van der Waals surface area contributed by atoms with Gasteiger partial charge in [-0.1, -0.05) is 17.7 Å². The smallest absolute Gasteiger partial charge is 0.251 e. The number of anilines is 1. The van der Waals surface area contributed by atoms with Crippen molar-refractivity contribution >= 4 is 23.2 Å². The summed E-state index contributed by atoms with van der Waals surface area (Å²) in [5.74, 6) is -0.0290. The Morgan fingerprint density at radius 2 is 2.09 bits per heavy atom. The highest BCUT2D eigenvalue weighted by atomic mass is 35.5. The number of morpholine rings is 1. The van der Waals surface area contributed by atoms with Gasteiger partial charge in [0.1, 0.15) is 0 Å². The first kappa shape index (κ1) is 15.6. The average Bonchev–Trinajstić information content (AvgIpc) is 2.56. The van der Waals surface area contributed by atoms with E-state index >= 15 is 0 Å². The largest absolute Gasteiger partial charge is 0.381 e. The number of carbonyl (C=O) groups excluding carboxylic acids is 1. The van der Waals surface area contributed by atoms with Gasteiger partial charge in [-0.05, 0) is 31.0 Å². The molecule has 1 N–H and O–H groups in total. The molecule has 120 valence electrons. The molecule has 2 aliphatic heterocycles. The van der Waals surface area contributed by atoms with Crippen LogP contribution in [0.5, 0.6) is 0 Å². The van der Waals surface area contributed by atoms with E-state index < -0.39 is 6.10 Å². The summed E-state index contributed by atoms with van der Waals surface area (Å²) in [4.78, 5) is 14.5. The average molecular weight is 325 g/mol. The van der Waals surface area contributed by atoms with Gasteiger partial charge >= 0.3 is 0 Å². The molecule has 0 bridgehead atoms. The van der Waals surface area contributed by atoms with E-state index in [1.807, 2.05) is 24.3 Å². The maximum Gasteiger partial charge on any atom is 0.251 e. The molecule has 1 amide bonds. The summed E-state index contributed by atoms with van der Waals surface area (Å²) in [5, 5.41) is 3.78. The number of amides is 1. The van der Waals surface area contributed by atoms with Gasteiger partial charge in [-0.2, -0.15) is 0 Å². The fraction of sp³-hybridized carbons (Fsp3) is 0.562. The number of nitrogens with one attached hydrogen (secondary N) is 1. The van der Waals surface area contributed by atoms with Crippen LogP contribution in [0.15, 0.2) is 24.3 Å². The third-order valence-electron chi connectivity index (χ3n) is 4.10. The highest BCUT2D eigenvalue weighted by Gasteiger charge is 2.28. The van der Waals surface area contributed by atoms with Crippen LogP contribution in [0.25, 0.3) is 0 Å². The molecule has 2 aliphatic rings. The Hall–Kier alpha value is -1.30. The highest BCUT2D eigenvalue weighted by Crippen LogP contribution is 2.21. The van der Waals surface area contributed by atoms with Crippen LogP contribution in [-0.2, 0) is 14.3 Å². The van der Waals surface area contributed by atoms with Crippen molar-refractivity contribution in [3.8, 4) is 0 Å². The quantitative estimate of drug-likeness (QED) is 0.922. The van der Waals surface area contributed by atoms with E-state index in [4.69, 9.17) is 21.1 Å². The number of ether oxygens (including phenoxy) is 2. The fourth-order valence-corrected chi connectivity index (χ4v) is 3.04. The third-order valence-corrected chi connectivity index (χ3v) is 4.34. The number of rotatable bonds is 3. The number of hydrogen-bond acceptors (Lipinski definition) is 4. The number of halogens is 1. The molecule has 3 rings (SSSR count). The summed E-state index contributed by atoms with van der Waals surface area (Å²) < 4.78 is 11.0. The zero-order valence-corrected chi connectivity index (χ0v) is 13.2. The van der Waals surface area contributed by atoms with Crippen molar-refractivity contribution < 1.29 is 14.3 Å². The van der Waals surface area contributed by atoms with Crippen LogP contribution >= 0.6 is 11.6 Å². The molecule has 6 heteroatoms. The van der Waals surface area contributed by atoms with Gasteiger partial charge in [-0.15, -0.1) is 0 Å². The molecular weight excluding hydrogens is 304 g/mol. The van der Waals surface area contributed by atoms with Gasteiger partial charge in [0.05, 0.1) is 13.2 Å². The zero-order valence-electron chi connectivity index (χ0n) is 12.5. The Balaban J connectivity index is 1.58. The van der Waals surface area contributed by atoms with Crippen LogP contribution in [0.4, 0.5) is 5.69 Å². The molecule has 0 radical (unpaired) electrons. The number of nitrogens with zero attached hydrogens (tertiary/aromatic N) is 1. The Bertz CT molecular complexity index is 520. The minimum absolute atomic E-state index is 0.0290. The maximum atomic E-state index is 12.4. The van der Waals surface area contributed by atoms with E-state index in [1.165, 1.54) is 0 Å². The van der Waals surface area contributed by atoms with Crippen molar-refractivity contribution in [3.05, 3.63) is 29.3 Å². The molecule has 1 aromatic carbocycles. The van der Waals surface area contributed by atoms with Crippen LogP contribution in [0.2, 0.25) is 5.02 Å². The predicted octanol–water partition coefficient (Wildman–Crippen LogP) is 1.84. The van der Waals surface area contributed by atoms with Gasteiger partial charge < -0.3 is 19.7 Å². The molecule has 0 spiro atoms. The second kappa shape index (κ2) is 7.31. The molecule has 1 atom stereocenters. The molecule has 0 aliphatic carbocycles. The summed E-state index contributed by atoms with van der Waals surface area (Å²) in [6.07, 6.45) is 1.31. The van der Waals surface area contributed by atoms with Gasteiger partial charge in [-0.3, -0.25) is 4.79 Å². The lowest BCUT2D eigenvalue weighted by Crippen LogP contribution is -2.52. The summed E-state index contributed by atoms with van der Waals surface area (Å²) >= 11 is 6.04.